The summed E-state index contributed by atoms with van der Waals surface area (Å²) in [7, 11) is 0. The van der Waals surface area contributed by atoms with Gasteiger partial charge in [-0.1, -0.05) is 0 Å². The second-order valence-electron chi connectivity index (χ2n) is 4.33. The van der Waals surface area contributed by atoms with Crippen LogP contribution < -0.4 is 5.73 Å². The van der Waals surface area contributed by atoms with Gasteiger partial charge < -0.3 is 5.73 Å². The largest absolute Gasteiger partial charge is 0.325 e. The highest BCUT2D eigenvalue weighted by molar-refractivity contribution is 6.00. The van der Waals surface area contributed by atoms with Crippen LogP contribution in [-0.2, 0) is 9.59 Å². The van der Waals surface area contributed by atoms with Crippen LogP contribution in [-0.4, -0.2) is 40.2 Å². The molecule has 96 valence electrons. The molecule has 4 N–H and O–H groups in total. The first kappa shape index (κ1) is 15.4. The smallest absolute Gasteiger partial charge is 0.253 e. The number of nitrogens with zero attached hydrogens (tertiary/aromatic N) is 2. The quantitative estimate of drug-likeness (QED) is 0.376. The van der Waals surface area contributed by atoms with Crippen molar-refractivity contribution in [2.75, 3.05) is 6.54 Å². The molecule has 0 saturated carbocycles. The van der Waals surface area contributed by atoms with E-state index in [4.69, 9.17) is 16.4 Å². The Hall–Kier alpha value is -1.56. The van der Waals surface area contributed by atoms with Gasteiger partial charge in [-0.05, 0) is 20.3 Å². The van der Waals surface area contributed by atoms with E-state index < -0.39 is 11.8 Å². The summed E-state index contributed by atoms with van der Waals surface area (Å²) in [6, 6.07) is 1.96. The number of nitrogens with one attached hydrogen (secondary N) is 1. The normalized spacial score (nSPS) is 15.2. The molecule has 0 atom stereocenters. The number of imide groups is 1. The summed E-state index contributed by atoms with van der Waals surface area (Å²) in [6.07, 6.45) is 1.10. The highest BCUT2D eigenvalue weighted by Gasteiger charge is 2.26. The molecule has 2 amide bonds. The number of hydroxylamine groups is 2. The zero-order valence-electron chi connectivity index (χ0n) is 10.1. The van der Waals surface area contributed by atoms with E-state index in [9.17, 15) is 9.59 Å². The number of hydrogen-bond donors (Lipinski definition) is 3. The van der Waals surface area contributed by atoms with E-state index >= 15 is 0 Å². The molecular formula is C10H18N4O3. The van der Waals surface area contributed by atoms with E-state index in [0.29, 0.717) is 6.54 Å². The number of amides is 2. The van der Waals surface area contributed by atoms with Crippen molar-refractivity contribution in [3.63, 3.8) is 0 Å². The van der Waals surface area contributed by atoms with Crippen LogP contribution in [0.5, 0.6) is 0 Å². The second kappa shape index (κ2) is 6.90. The third-order valence-electron chi connectivity index (χ3n) is 1.97. The molecule has 0 spiro atoms. The number of rotatable bonds is 3. The maximum Gasteiger partial charge on any atom is 0.253 e. The Bertz CT molecular complexity index is 313. The molecule has 0 aromatic rings. The Morgan fingerprint density at radius 2 is 1.94 bits per heavy atom. The summed E-state index contributed by atoms with van der Waals surface area (Å²) < 4.78 is 0. The van der Waals surface area contributed by atoms with E-state index in [1.54, 1.807) is 0 Å². The highest BCUT2D eigenvalue weighted by Crippen LogP contribution is 2.07. The second-order valence-corrected chi connectivity index (χ2v) is 4.33. The molecule has 1 aliphatic heterocycles. The topological polar surface area (TPSA) is 120 Å². The fraction of sp³-hybridized carbons (Fsp3) is 0.700. The van der Waals surface area contributed by atoms with E-state index in [1.165, 1.54) is 0 Å². The van der Waals surface area contributed by atoms with Gasteiger partial charge in [-0.3, -0.25) is 14.8 Å². The minimum Gasteiger partial charge on any atom is -0.325 e. The third kappa shape index (κ3) is 7.35. The molecule has 7 nitrogen and oxygen atoms in total. The third-order valence-corrected chi connectivity index (χ3v) is 1.97. The number of aliphatic imine (C=N–C) groups is 1. The van der Waals surface area contributed by atoms with Gasteiger partial charge in [-0.2, -0.15) is 5.06 Å². The summed E-state index contributed by atoms with van der Waals surface area (Å²) in [5, 5.41) is 15.0. The Balaban J connectivity index is 0.000000302. The molecule has 1 fully saturated rings. The van der Waals surface area contributed by atoms with Gasteiger partial charge in [0.15, 0.2) is 0 Å². The van der Waals surface area contributed by atoms with E-state index in [2.05, 4.69) is 4.99 Å². The minimum atomic E-state index is -0.505. The Morgan fingerprint density at radius 3 is 2.18 bits per heavy atom. The van der Waals surface area contributed by atoms with Crippen molar-refractivity contribution in [1.82, 2.24) is 5.06 Å². The van der Waals surface area contributed by atoms with Crippen molar-refractivity contribution >= 4 is 17.8 Å². The molecule has 0 unspecified atom stereocenters. The van der Waals surface area contributed by atoms with Gasteiger partial charge in [0.1, 0.15) is 0 Å². The molecule has 0 aliphatic carbocycles. The Labute approximate surface area is 99.8 Å². The molecule has 0 radical (unpaired) electrons. The standard InChI is InChI=1S/C6H13N3.C4H5NO3/c1-6(2,8)3-4-9-5-7;6-3-1-2-4(7)5(3)8/h7H,3-4,8H2,1-2H3;8H,1-2H2. The molecule has 0 aromatic heterocycles. The first-order valence-electron chi connectivity index (χ1n) is 5.19. The average molecular weight is 242 g/mol. The maximum absolute atomic E-state index is 10.2. The number of hydrogen-bond acceptors (Lipinski definition) is 6. The van der Waals surface area contributed by atoms with Gasteiger partial charge >= 0.3 is 0 Å². The van der Waals surface area contributed by atoms with Gasteiger partial charge in [0, 0.05) is 18.4 Å². The van der Waals surface area contributed by atoms with Crippen molar-refractivity contribution in [1.29, 1.82) is 5.41 Å². The van der Waals surface area contributed by atoms with Crippen LogP contribution in [0, 0.1) is 5.41 Å². The summed E-state index contributed by atoms with van der Waals surface area (Å²) >= 11 is 0. The molecule has 0 aromatic carbocycles. The minimum absolute atomic E-state index is 0.148. The van der Waals surface area contributed by atoms with Gasteiger partial charge in [-0.25, -0.2) is 10.4 Å². The molecule has 1 saturated heterocycles. The van der Waals surface area contributed by atoms with Gasteiger partial charge in [-0.15, -0.1) is 0 Å². The van der Waals surface area contributed by atoms with Crippen molar-refractivity contribution in [3.8, 4) is 0 Å². The van der Waals surface area contributed by atoms with Crippen LogP contribution in [0.25, 0.3) is 0 Å². The van der Waals surface area contributed by atoms with Crippen LogP contribution >= 0.6 is 0 Å². The van der Waals surface area contributed by atoms with Crippen LogP contribution in [0.3, 0.4) is 0 Å². The number of carbonyl (C=O) groups excluding carboxylic acids is 2. The fourth-order valence-corrected chi connectivity index (χ4v) is 0.965. The van der Waals surface area contributed by atoms with Gasteiger partial charge in [0.05, 0.1) is 12.6 Å². The monoisotopic (exact) mass is 242 g/mol. The van der Waals surface area contributed by atoms with Crippen LogP contribution in [0.4, 0.5) is 0 Å². The lowest BCUT2D eigenvalue weighted by Crippen LogP contribution is -2.32. The Morgan fingerprint density at radius 1 is 1.47 bits per heavy atom. The molecule has 7 heteroatoms. The number of nitrogens with two attached hydrogens (primary N) is 1. The van der Waals surface area contributed by atoms with Crippen LogP contribution in [0.1, 0.15) is 33.1 Å². The predicted molar refractivity (Wildman–Crippen MR) is 60.8 cm³/mol. The van der Waals surface area contributed by atoms with Crippen molar-refractivity contribution in [2.45, 2.75) is 38.6 Å². The lowest BCUT2D eigenvalue weighted by Gasteiger charge is -2.15. The van der Waals surface area contributed by atoms with E-state index in [1.807, 2.05) is 19.9 Å². The van der Waals surface area contributed by atoms with Gasteiger partial charge in [0.25, 0.3) is 11.8 Å². The molecule has 0 bridgehead atoms. The molecule has 1 heterocycles. The fourth-order valence-electron chi connectivity index (χ4n) is 0.965. The molecule has 17 heavy (non-hydrogen) atoms. The van der Waals surface area contributed by atoms with Crippen molar-refractivity contribution in [2.24, 2.45) is 10.7 Å². The maximum atomic E-state index is 10.2. The summed E-state index contributed by atoms with van der Waals surface area (Å²) in [5.41, 5.74) is 5.46. The molecule has 1 rings (SSSR count). The zero-order chi connectivity index (χ0) is 13.5. The lowest BCUT2D eigenvalue weighted by atomic mass is 10.0. The van der Waals surface area contributed by atoms with E-state index in [-0.39, 0.29) is 23.4 Å². The van der Waals surface area contributed by atoms with Crippen molar-refractivity contribution in [3.05, 3.63) is 0 Å². The van der Waals surface area contributed by atoms with Crippen LogP contribution in [0.2, 0.25) is 0 Å². The first-order valence-corrected chi connectivity index (χ1v) is 5.19. The zero-order valence-corrected chi connectivity index (χ0v) is 10.1. The van der Waals surface area contributed by atoms with Crippen LogP contribution in [0.15, 0.2) is 4.99 Å². The SMILES string of the molecule is CC(C)(N)CCN=C=N.O=C1CCC(=O)N1O. The summed E-state index contributed by atoms with van der Waals surface area (Å²) in [6.45, 7) is 4.48. The highest BCUT2D eigenvalue weighted by atomic mass is 16.5. The van der Waals surface area contributed by atoms with Gasteiger partial charge in [0.2, 0.25) is 0 Å². The first-order chi connectivity index (χ1) is 7.78. The van der Waals surface area contributed by atoms with E-state index in [0.717, 1.165) is 6.42 Å². The van der Waals surface area contributed by atoms with Crippen molar-refractivity contribution < 1.29 is 14.8 Å². The lowest BCUT2D eigenvalue weighted by molar-refractivity contribution is -0.171. The summed E-state index contributed by atoms with van der Waals surface area (Å²) in [4.78, 5) is 24.1. The average Bonchev–Trinajstić information content (AvgIpc) is 2.49. The number of carbonyl (C=O) groups is 2. The summed E-state index contributed by atoms with van der Waals surface area (Å²) in [5.74, 6) is -1.01. The predicted octanol–water partition coefficient (Wildman–Crippen LogP) is 0.391. The molecular weight excluding hydrogens is 224 g/mol. The molecule has 1 aliphatic rings. The Kier molecular flexibility index (Phi) is 6.27.